The van der Waals surface area contributed by atoms with Crippen LogP contribution in [0.15, 0.2) is 48.0 Å². The van der Waals surface area contributed by atoms with Gasteiger partial charge in [-0.3, -0.25) is 9.78 Å². The maximum Gasteiger partial charge on any atom is 0.368 e. The van der Waals surface area contributed by atoms with Crippen molar-refractivity contribution in [1.82, 2.24) is 0 Å². The van der Waals surface area contributed by atoms with Gasteiger partial charge in [0.15, 0.2) is 0 Å². The second kappa shape index (κ2) is 9.63. The van der Waals surface area contributed by atoms with Crippen molar-refractivity contribution in [3.05, 3.63) is 48.0 Å². The Morgan fingerprint density at radius 1 is 0.842 bits per heavy atom. The Morgan fingerprint density at radius 2 is 1.21 bits per heavy atom. The standard InChI is InChI=1S/C12H14O7/c1-9(11(13)18-15)5-3-7-17-8-4-6-10(2)12(14)19-16/h3-8,15-16H,1-2H3/b7-3+,8-4+,9-5+,10-6+. The highest BCUT2D eigenvalue weighted by Crippen LogP contribution is 1.97. The average Bonchev–Trinajstić information content (AvgIpc) is 2.43. The molecule has 0 aromatic carbocycles. The molecule has 0 fully saturated rings. The molecule has 0 aliphatic heterocycles. The summed E-state index contributed by atoms with van der Waals surface area (Å²) in [4.78, 5) is 28.5. The van der Waals surface area contributed by atoms with Crippen LogP contribution in [-0.2, 0) is 24.1 Å². The Labute approximate surface area is 109 Å². The normalized spacial score (nSPS) is 12.8. The summed E-state index contributed by atoms with van der Waals surface area (Å²) >= 11 is 0. The largest absolute Gasteiger partial charge is 0.473 e. The SMILES string of the molecule is C/C(=C\C=C\O/C=C/C=C(\C)C(=O)OO)C(=O)OO. The number of carbonyl (C=O) groups excluding carboxylic acids is 2. The monoisotopic (exact) mass is 270 g/mol. The van der Waals surface area contributed by atoms with Gasteiger partial charge in [0, 0.05) is 11.1 Å². The zero-order valence-corrected chi connectivity index (χ0v) is 10.4. The fourth-order valence-corrected chi connectivity index (χ4v) is 0.783. The van der Waals surface area contributed by atoms with E-state index in [4.69, 9.17) is 15.3 Å². The first-order valence-electron chi connectivity index (χ1n) is 5.06. The Morgan fingerprint density at radius 3 is 1.53 bits per heavy atom. The van der Waals surface area contributed by atoms with E-state index in [0.717, 1.165) is 0 Å². The molecule has 0 aromatic rings. The van der Waals surface area contributed by atoms with Gasteiger partial charge in [0.2, 0.25) is 0 Å². The number of ether oxygens (including phenoxy) is 1. The molecule has 7 nitrogen and oxygen atoms in total. The summed E-state index contributed by atoms with van der Waals surface area (Å²) in [5.41, 5.74) is 0.375. The molecule has 0 heterocycles. The Kier molecular flexibility index (Phi) is 8.42. The van der Waals surface area contributed by atoms with E-state index >= 15 is 0 Å². The van der Waals surface area contributed by atoms with E-state index in [1.165, 1.54) is 50.7 Å². The van der Waals surface area contributed by atoms with E-state index in [9.17, 15) is 9.59 Å². The van der Waals surface area contributed by atoms with Crippen LogP contribution >= 0.6 is 0 Å². The fourth-order valence-electron chi connectivity index (χ4n) is 0.783. The summed E-state index contributed by atoms with van der Waals surface area (Å²) in [5, 5.41) is 16.2. The van der Waals surface area contributed by atoms with Gasteiger partial charge in [-0.15, -0.1) is 0 Å². The molecule has 0 aromatic heterocycles. The average molecular weight is 270 g/mol. The van der Waals surface area contributed by atoms with E-state index in [-0.39, 0.29) is 11.1 Å². The lowest BCUT2D eigenvalue weighted by Gasteiger charge is -1.93. The number of carbonyl (C=O) groups is 2. The Balaban J connectivity index is 4.17. The molecule has 0 bridgehead atoms. The summed E-state index contributed by atoms with van der Waals surface area (Å²) in [6.45, 7) is 2.90. The molecular formula is C12H14O7. The van der Waals surface area contributed by atoms with Crippen LogP contribution < -0.4 is 0 Å². The van der Waals surface area contributed by atoms with Crippen molar-refractivity contribution < 1.29 is 34.6 Å². The van der Waals surface area contributed by atoms with Gasteiger partial charge >= 0.3 is 11.9 Å². The molecule has 0 radical (unpaired) electrons. The first kappa shape index (κ1) is 16.6. The predicted molar refractivity (Wildman–Crippen MR) is 64.3 cm³/mol. The summed E-state index contributed by atoms with van der Waals surface area (Å²) in [6, 6.07) is 0. The van der Waals surface area contributed by atoms with Crippen molar-refractivity contribution >= 4 is 11.9 Å². The fraction of sp³-hybridized carbons (Fsp3) is 0.167. The minimum absolute atomic E-state index is 0.188. The van der Waals surface area contributed by atoms with Crippen LogP contribution in [0, 0.1) is 0 Å². The predicted octanol–water partition coefficient (Wildman–Crippen LogP) is 1.96. The number of rotatable bonds is 6. The minimum atomic E-state index is -0.860. The van der Waals surface area contributed by atoms with Gasteiger partial charge in [0.25, 0.3) is 0 Å². The van der Waals surface area contributed by atoms with E-state index in [1.54, 1.807) is 0 Å². The molecule has 0 saturated heterocycles. The van der Waals surface area contributed by atoms with Gasteiger partial charge in [-0.25, -0.2) is 9.59 Å². The van der Waals surface area contributed by atoms with Crippen LogP contribution in [0.2, 0.25) is 0 Å². The first-order valence-corrected chi connectivity index (χ1v) is 5.06. The molecule has 0 saturated carbocycles. The van der Waals surface area contributed by atoms with E-state index in [1.807, 2.05) is 0 Å². The third-order valence-electron chi connectivity index (χ3n) is 1.82. The third kappa shape index (κ3) is 7.53. The molecule has 2 N–H and O–H groups in total. The molecule has 19 heavy (non-hydrogen) atoms. The number of allylic oxidation sites excluding steroid dienone is 4. The summed E-state index contributed by atoms with van der Waals surface area (Å²) in [6.07, 6.45) is 8.09. The van der Waals surface area contributed by atoms with E-state index in [0.29, 0.717) is 0 Å². The highest BCUT2D eigenvalue weighted by Gasteiger charge is 2.02. The van der Waals surface area contributed by atoms with Gasteiger partial charge in [-0.1, -0.05) is 0 Å². The van der Waals surface area contributed by atoms with Gasteiger partial charge in [-0.2, -0.15) is 10.5 Å². The molecule has 7 heteroatoms. The minimum Gasteiger partial charge on any atom is -0.473 e. The van der Waals surface area contributed by atoms with Gasteiger partial charge in [-0.05, 0) is 38.2 Å². The smallest absolute Gasteiger partial charge is 0.368 e. The summed E-state index contributed by atoms with van der Waals surface area (Å²) in [5.74, 6) is -1.72. The zero-order chi connectivity index (χ0) is 14.7. The molecule has 0 rings (SSSR count). The molecule has 0 amide bonds. The molecule has 0 unspecified atom stereocenters. The second-order valence-corrected chi connectivity index (χ2v) is 3.25. The number of hydrogen-bond donors (Lipinski definition) is 2. The highest BCUT2D eigenvalue weighted by atomic mass is 17.1. The maximum atomic E-state index is 10.7. The lowest BCUT2D eigenvalue weighted by molar-refractivity contribution is -0.229. The highest BCUT2D eigenvalue weighted by molar-refractivity contribution is 5.87. The summed E-state index contributed by atoms with van der Waals surface area (Å²) in [7, 11) is 0. The van der Waals surface area contributed by atoms with Crippen LogP contribution in [0.4, 0.5) is 0 Å². The van der Waals surface area contributed by atoms with Gasteiger partial charge in [0.05, 0.1) is 12.5 Å². The molecule has 0 atom stereocenters. The Hall–Kier alpha value is -2.38. The zero-order valence-electron chi connectivity index (χ0n) is 10.4. The summed E-state index contributed by atoms with van der Waals surface area (Å²) < 4.78 is 4.88. The van der Waals surface area contributed by atoms with Crippen molar-refractivity contribution in [3.8, 4) is 0 Å². The Bertz CT molecular complexity index is 389. The van der Waals surface area contributed by atoms with Crippen molar-refractivity contribution in [2.24, 2.45) is 0 Å². The molecular weight excluding hydrogens is 256 g/mol. The van der Waals surface area contributed by atoms with Crippen LogP contribution in [0.5, 0.6) is 0 Å². The molecule has 0 aliphatic carbocycles. The van der Waals surface area contributed by atoms with Gasteiger partial charge in [0.1, 0.15) is 0 Å². The lowest BCUT2D eigenvalue weighted by atomic mass is 10.3. The molecule has 104 valence electrons. The molecule has 0 aliphatic rings. The van der Waals surface area contributed by atoms with Crippen LogP contribution in [-0.4, -0.2) is 22.5 Å². The van der Waals surface area contributed by atoms with E-state index < -0.39 is 11.9 Å². The van der Waals surface area contributed by atoms with Crippen molar-refractivity contribution in [3.63, 3.8) is 0 Å². The van der Waals surface area contributed by atoms with Crippen molar-refractivity contribution in [2.75, 3.05) is 0 Å². The van der Waals surface area contributed by atoms with Crippen LogP contribution in [0.1, 0.15) is 13.8 Å². The lowest BCUT2D eigenvalue weighted by Crippen LogP contribution is -2.01. The maximum absolute atomic E-state index is 10.7. The van der Waals surface area contributed by atoms with Crippen molar-refractivity contribution in [2.45, 2.75) is 13.8 Å². The van der Waals surface area contributed by atoms with E-state index in [2.05, 4.69) is 9.78 Å². The van der Waals surface area contributed by atoms with Crippen LogP contribution in [0.25, 0.3) is 0 Å². The topological polar surface area (TPSA) is 102 Å². The van der Waals surface area contributed by atoms with Crippen molar-refractivity contribution in [1.29, 1.82) is 0 Å². The molecule has 0 spiro atoms. The van der Waals surface area contributed by atoms with Crippen LogP contribution in [0.3, 0.4) is 0 Å². The quantitative estimate of drug-likeness (QED) is 0.250. The van der Waals surface area contributed by atoms with Gasteiger partial charge < -0.3 is 4.74 Å². The first-order chi connectivity index (χ1) is 9.02. The third-order valence-corrected chi connectivity index (χ3v) is 1.82. The number of hydrogen-bond acceptors (Lipinski definition) is 7. The second-order valence-electron chi connectivity index (χ2n) is 3.25.